The summed E-state index contributed by atoms with van der Waals surface area (Å²) in [5.41, 5.74) is 6.50. The van der Waals surface area contributed by atoms with Crippen molar-refractivity contribution in [3.05, 3.63) is 70.0 Å². The minimum atomic E-state index is -0.849. The number of primary amides is 1. The Labute approximate surface area is 235 Å². The van der Waals surface area contributed by atoms with Crippen LogP contribution < -0.4 is 21.3 Å². The second-order valence-electron chi connectivity index (χ2n) is 10.4. The Balaban J connectivity index is 1.41. The van der Waals surface area contributed by atoms with Crippen LogP contribution in [0.1, 0.15) is 45.7 Å². The first-order valence-corrected chi connectivity index (χ1v) is 13.7. The topological polar surface area (TPSA) is 140 Å². The first kappa shape index (κ1) is 27.2. The maximum Gasteiger partial charge on any atom is 0.296 e. The molecule has 1 fully saturated rings. The lowest BCUT2D eigenvalue weighted by Gasteiger charge is -2.26. The van der Waals surface area contributed by atoms with Crippen LogP contribution in [-0.2, 0) is 14.9 Å². The molecular formula is C29H30N6O4S. The molecule has 1 saturated heterocycles. The molecule has 0 saturated carbocycles. The van der Waals surface area contributed by atoms with Crippen LogP contribution in [0.25, 0.3) is 10.8 Å². The summed E-state index contributed by atoms with van der Waals surface area (Å²) in [4.78, 5) is 50.7. The van der Waals surface area contributed by atoms with Gasteiger partial charge in [-0.3, -0.25) is 14.4 Å². The number of nitrogens with one attached hydrogen (secondary N) is 2. The number of anilines is 4. The van der Waals surface area contributed by atoms with Crippen molar-refractivity contribution in [2.45, 2.75) is 26.2 Å². The van der Waals surface area contributed by atoms with Gasteiger partial charge in [-0.25, -0.2) is 4.98 Å². The standard InChI is InChI=1S/C29H30N6O4S/c1-29(2,3)22-16-21(25(40-22)26(30)37)33-27(38)24(36)19-8-9-20(18-7-5-4-6-17(18)19)32-23-10-11-31-28(34-23)35-12-14-39-15-13-35/h4-11,16H,12-15H2,1-3H3,(H2,30,37)(H,33,38)(H,31,32,34). The van der Waals surface area contributed by atoms with E-state index in [-0.39, 0.29) is 21.5 Å². The lowest BCUT2D eigenvalue weighted by atomic mass is 9.94. The number of nitrogens with zero attached hydrogens (tertiary/aromatic N) is 3. The predicted molar refractivity (Wildman–Crippen MR) is 157 cm³/mol. The minimum absolute atomic E-state index is 0.205. The molecule has 2 amide bonds. The highest BCUT2D eigenvalue weighted by Gasteiger charge is 2.26. The van der Waals surface area contributed by atoms with E-state index in [1.165, 1.54) is 11.3 Å². The van der Waals surface area contributed by atoms with Crippen LogP contribution in [0, 0.1) is 0 Å². The average Bonchev–Trinajstić information content (AvgIpc) is 3.38. The molecule has 1 aliphatic heterocycles. The Morgan fingerprint density at radius 3 is 2.42 bits per heavy atom. The van der Waals surface area contributed by atoms with E-state index in [9.17, 15) is 14.4 Å². The zero-order valence-electron chi connectivity index (χ0n) is 22.5. The Kier molecular flexibility index (Phi) is 7.51. The van der Waals surface area contributed by atoms with Gasteiger partial charge in [0.25, 0.3) is 17.6 Å². The molecule has 0 aliphatic carbocycles. The molecule has 11 heteroatoms. The molecule has 40 heavy (non-hydrogen) atoms. The Hall–Kier alpha value is -4.35. The molecule has 2 aromatic carbocycles. The molecule has 0 bridgehead atoms. The summed E-state index contributed by atoms with van der Waals surface area (Å²) >= 11 is 1.21. The third kappa shape index (κ3) is 5.65. The van der Waals surface area contributed by atoms with Crippen molar-refractivity contribution in [3.63, 3.8) is 0 Å². The van der Waals surface area contributed by atoms with Crippen molar-refractivity contribution in [2.24, 2.45) is 5.73 Å². The maximum absolute atomic E-state index is 13.4. The molecule has 10 nitrogen and oxygen atoms in total. The predicted octanol–water partition coefficient (Wildman–Crippen LogP) is 4.49. The number of hydrogen-bond donors (Lipinski definition) is 3. The van der Waals surface area contributed by atoms with E-state index in [1.54, 1.807) is 36.5 Å². The van der Waals surface area contributed by atoms with Crippen molar-refractivity contribution in [3.8, 4) is 0 Å². The Morgan fingerprint density at radius 1 is 1.00 bits per heavy atom. The van der Waals surface area contributed by atoms with E-state index in [0.717, 1.165) is 29.0 Å². The van der Waals surface area contributed by atoms with Gasteiger partial charge in [-0.05, 0) is 35.1 Å². The Morgan fingerprint density at radius 2 is 1.73 bits per heavy atom. The third-order valence-electron chi connectivity index (χ3n) is 6.52. The second kappa shape index (κ2) is 11.0. The fourth-order valence-electron chi connectivity index (χ4n) is 4.42. The number of amides is 2. The summed E-state index contributed by atoms with van der Waals surface area (Å²) in [6.07, 6.45) is 1.69. The van der Waals surface area contributed by atoms with Crippen molar-refractivity contribution >= 4 is 62.8 Å². The molecule has 206 valence electrons. The van der Waals surface area contributed by atoms with Gasteiger partial charge >= 0.3 is 0 Å². The van der Waals surface area contributed by atoms with Gasteiger partial charge in [0.15, 0.2) is 0 Å². The summed E-state index contributed by atoms with van der Waals surface area (Å²) in [6.45, 7) is 8.67. The van der Waals surface area contributed by atoms with Gasteiger partial charge in [-0.1, -0.05) is 45.0 Å². The van der Waals surface area contributed by atoms with Crippen molar-refractivity contribution in [1.29, 1.82) is 0 Å². The van der Waals surface area contributed by atoms with Gasteiger partial charge in [-0.15, -0.1) is 11.3 Å². The fraction of sp³-hybridized carbons (Fsp3) is 0.276. The van der Waals surface area contributed by atoms with Crippen molar-refractivity contribution in [2.75, 3.05) is 41.8 Å². The number of rotatable bonds is 7. The molecule has 2 aromatic heterocycles. The van der Waals surface area contributed by atoms with E-state index in [1.807, 2.05) is 39.0 Å². The first-order valence-electron chi connectivity index (χ1n) is 12.9. The molecule has 0 atom stereocenters. The van der Waals surface area contributed by atoms with Gasteiger partial charge in [0.05, 0.1) is 18.9 Å². The number of nitrogens with two attached hydrogens (primary N) is 1. The average molecular weight is 559 g/mol. The molecule has 4 aromatic rings. The van der Waals surface area contributed by atoms with E-state index in [0.29, 0.717) is 30.4 Å². The maximum atomic E-state index is 13.4. The van der Waals surface area contributed by atoms with Gasteiger partial charge < -0.3 is 26.0 Å². The summed E-state index contributed by atoms with van der Waals surface area (Å²) in [5, 5.41) is 7.29. The van der Waals surface area contributed by atoms with E-state index >= 15 is 0 Å². The number of fused-ring (bicyclic) bond motifs is 1. The quantitative estimate of drug-likeness (QED) is 0.223. The summed E-state index contributed by atoms with van der Waals surface area (Å²) < 4.78 is 5.42. The number of ketones is 1. The lowest BCUT2D eigenvalue weighted by Crippen LogP contribution is -2.37. The third-order valence-corrected chi connectivity index (χ3v) is 8.09. The molecule has 0 radical (unpaired) electrons. The Bertz CT molecular complexity index is 1600. The normalized spacial score (nSPS) is 13.7. The lowest BCUT2D eigenvalue weighted by molar-refractivity contribution is -0.112. The highest BCUT2D eigenvalue weighted by Crippen LogP contribution is 2.36. The number of carbonyl (C=O) groups is 3. The van der Waals surface area contributed by atoms with Crippen LogP contribution in [0.4, 0.5) is 23.1 Å². The number of benzene rings is 2. The SMILES string of the molecule is CC(C)(C)c1cc(NC(=O)C(=O)c2ccc(Nc3ccnc(N4CCOCC4)n3)c3ccccc23)c(C(N)=O)s1. The number of Topliss-reactive ketones (excluding diaryl/α,β-unsaturated/α-hetero) is 1. The number of thiophene rings is 1. The number of hydrogen-bond acceptors (Lipinski definition) is 9. The summed E-state index contributed by atoms with van der Waals surface area (Å²) in [7, 11) is 0. The highest BCUT2D eigenvalue weighted by atomic mass is 32.1. The summed E-state index contributed by atoms with van der Waals surface area (Å²) in [5.74, 6) is -1.02. The molecule has 0 spiro atoms. The van der Waals surface area contributed by atoms with Crippen LogP contribution in [0.5, 0.6) is 0 Å². The largest absolute Gasteiger partial charge is 0.378 e. The molecule has 3 heterocycles. The summed E-state index contributed by atoms with van der Waals surface area (Å²) in [6, 6.07) is 14.2. The van der Waals surface area contributed by atoms with Crippen molar-refractivity contribution in [1.82, 2.24) is 9.97 Å². The number of aromatic nitrogens is 2. The van der Waals surface area contributed by atoms with E-state index in [4.69, 9.17) is 10.5 Å². The molecular weight excluding hydrogens is 528 g/mol. The van der Waals surface area contributed by atoms with E-state index < -0.39 is 17.6 Å². The monoisotopic (exact) mass is 558 g/mol. The fourth-order valence-corrected chi connectivity index (χ4v) is 5.44. The van der Waals surface area contributed by atoms with Crippen LogP contribution in [0.3, 0.4) is 0 Å². The van der Waals surface area contributed by atoms with Gasteiger partial charge in [0.1, 0.15) is 10.7 Å². The van der Waals surface area contributed by atoms with Gasteiger partial charge in [0.2, 0.25) is 5.95 Å². The van der Waals surface area contributed by atoms with Crippen molar-refractivity contribution < 1.29 is 19.1 Å². The molecule has 4 N–H and O–H groups in total. The molecule has 5 rings (SSSR count). The first-order chi connectivity index (χ1) is 19.1. The highest BCUT2D eigenvalue weighted by molar-refractivity contribution is 7.14. The second-order valence-corrected chi connectivity index (χ2v) is 11.5. The van der Waals surface area contributed by atoms with Crippen LogP contribution >= 0.6 is 11.3 Å². The van der Waals surface area contributed by atoms with Gasteiger partial charge in [0, 0.05) is 40.8 Å². The number of ether oxygens (including phenoxy) is 1. The number of morpholine rings is 1. The van der Waals surface area contributed by atoms with E-state index in [2.05, 4.69) is 25.5 Å². The zero-order valence-corrected chi connectivity index (χ0v) is 23.3. The van der Waals surface area contributed by atoms with Gasteiger partial charge in [-0.2, -0.15) is 4.98 Å². The van der Waals surface area contributed by atoms with Crippen LogP contribution in [-0.4, -0.2) is 53.9 Å². The molecule has 1 aliphatic rings. The smallest absolute Gasteiger partial charge is 0.296 e. The van der Waals surface area contributed by atoms with Crippen LogP contribution in [0.15, 0.2) is 54.7 Å². The number of carbonyl (C=O) groups excluding carboxylic acids is 3. The zero-order chi connectivity index (χ0) is 28.4. The minimum Gasteiger partial charge on any atom is -0.378 e. The molecule has 0 unspecified atom stereocenters. The van der Waals surface area contributed by atoms with Crippen LogP contribution in [0.2, 0.25) is 0 Å².